The fourth-order valence-corrected chi connectivity index (χ4v) is 2.73. The highest BCUT2D eigenvalue weighted by molar-refractivity contribution is 7.90. The van der Waals surface area contributed by atoms with E-state index < -0.39 is 16.9 Å². The molecule has 0 radical (unpaired) electrons. The first-order valence-electron chi connectivity index (χ1n) is 6.21. The van der Waals surface area contributed by atoms with Gasteiger partial charge in [-0.05, 0) is 32.4 Å². The second-order valence-corrected chi connectivity index (χ2v) is 7.77. The molecule has 19 heavy (non-hydrogen) atoms. The molecule has 2 rings (SSSR count). The molecule has 0 saturated carbocycles. The Balaban J connectivity index is 2.25. The maximum Gasteiger partial charge on any atom is 0.150 e. The number of aldehydes is 1. The van der Waals surface area contributed by atoms with E-state index in [2.05, 4.69) is 4.72 Å². The normalized spacial score (nSPS) is 19.6. The van der Waals surface area contributed by atoms with Crippen LogP contribution in [0, 0.1) is 0 Å². The number of carbonyl (C=O) groups excluding carboxylic acids is 1. The highest BCUT2D eigenvalue weighted by Crippen LogP contribution is 2.32. The Bertz CT molecular complexity index is 466. The lowest BCUT2D eigenvalue weighted by Crippen LogP contribution is -2.61. The zero-order valence-corrected chi connectivity index (χ0v) is 12.3. The third kappa shape index (κ3) is 3.00. The highest BCUT2D eigenvalue weighted by atomic mass is 32.2. The van der Waals surface area contributed by atoms with E-state index in [-0.39, 0.29) is 4.75 Å². The fraction of sp³-hybridized carbons (Fsp3) is 0.500. The summed E-state index contributed by atoms with van der Waals surface area (Å²) in [7, 11) is 0. The molecule has 1 atom stereocenters. The standard InChI is InChI=1S/C14H19NO3S/c1-13(2,3)19(17)15-14(9-18-10-14)12-6-4-5-11(7-12)8-16/h4-8,15H,9-10H2,1-3H3. The predicted octanol–water partition coefficient (Wildman–Crippen LogP) is 1.78. The van der Waals surface area contributed by atoms with E-state index in [0.717, 1.165) is 11.8 Å². The van der Waals surface area contributed by atoms with Crippen molar-refractivity contribution < 1.29 is 14.1 Å². The van der Waals surface area contributed by atoms with Gasteiger partial charge in [-0.25, -0.2) is 0 Å². The number of nitrogens with one attached hydrogen (secondary N) is 1. The number of hydrogen-bond donors (Lipinski definition) is 1. The van der Waals surface area contributed by atoms with Crippen molar-refractivity contribution in [1.29, 1.82) is 0 Å². The van der Waals surface area contributed by atoms with Gasteiger partial charge in [0.1, 0.15) is 16.6 Å². The van der Waals surface area contributed by atoms with Crippen LogP contribution in [0.25, 0.3) is 0 Å². The van der Waals surface area contributed by atoms with Crippen molar-refractivity contribution in [2.24, 2.45) is 0 Å². The van der Waals surface area contributed by atoms with Crippen LogP contribution in [0.2, 0.25) is 0 Å². The Morgan fingerprint density at radius 3 is 2.58 bits per heavy atom. The maximum atomic E-state index is 12.3. The van der Waals surface area contributed by atoms with Gasteiger partial charge in [0.05, 0.1) is 13.2 Å². The number of carbonyl (C=O) groups is 1. The molecule has 0 spiro atoms. The minimum Gasteiger partial charge on any atom is -0.598 e. The van der Waals surface area contributed by atoms with E-state index in [1.807, 2.05) is 39.0 Å². The van der Waals surface area contributed by atoms with Crippen LogP contribution >= 0.6 is 0 Å². The molecule has 1 saturated heterocycles. The molecule has 1 fully saturated rings. The fourth-order valence-electron chi connectivity index (χ4n) is 1.83. The van der Waals surface area contributed by atoms with Gasteiger partial charge in [-0.15, -0.1) is 4.72 Å². The van der Waals surface area contributed by atoms with Crippen molar-refractivity contribution in [3.63, 3.8) is 0 Å². The first-order chi connectivity index (χ1) is 8.87. The lowest BCUT2D eigenvalue weighted by Gasteiger charge is -2.43. The summed E-state index contributed by atoms with van der Waals surface area (Å²) in [5.41, 5.74) is 1.12. The minimum atomic E-state index is -1.18. The van der Waals surface area contributed by atoms with Gasteiger partial charge >= 0.3 is 0 Å². The average molecular weight is 281 g/mol. The second kappa shape index (κ2) is 5.25. The zero-order valence-electron chi connectivity index (χ0n) is 11.4. The Labute approximate surface area is 116 Å². The summed E-state index contributed by atoms with van der Waals surface area (Å²) in [5.74, 6) is 0. The average Bonchev–Trinajstić information content (AvgIpc) is 2.32. The van der Waals surface area contributed by atoms with Crippen molar-refractivity contribution in [3.8, 4) is 0 Å². The lowest BCUT2D eigenvalue weighted by atomic mass is 9.88. The molecule has 1 aliphatic heterocycles. The summed E-state index contributed by atoms with van der Waals surface area (Å²) < 4.78 is 20.4. The molecule has 0 aliphatic carbocycles. The summed E-state index contributed by atoms with van der Waals surface area (Å²) >= 11 is -1.18. The Morgan fingerprint density at radius 2 is 2.11 bits per heavy atom. The first-order valence-corrected chi connectivity index (χ1v) is 7.35. The van der Waals surface area contributed by atoms with E-state index >= 15 is 0 Å². The highest BCUT2D eigenvalue weighted by Gasteiger charge is 2.46. The third-order valence-corrected chi connectivity index (χ3v) is 4.80. The summed E-state index contributed by atoms with van der Waals surface area (Å²) in [6.07, 6.45) is 0.817. The largest absolute Gasteiger partial charge is 0.598 e. The topological polar surface area (TPSA) is 61.4 Å². The molecular formula is C14H19NO3S. The van der Waals surface area contributed by atoms with Gasteiger partial charge in [-0.1, -0.05) is 18.2 Å². The van der Waals surface area contributed by atoms with Crippen LogP contribution in [-0.2, 0) is 21.6 Å². The molecule has 1 N–H and O–H groups in total. The molecule has 0 bridgehead atoms. The molecule has 4 nitrogen and oxygen atoms in total. The Morgan fingerprint density at radius 1 is 1.42 bits per heavy atom. The number of hydrogen-bond acceptors (Lipinski definition) is 4. The van der Waals surface area contributed by atoms with Gasteiger partial charge in [-0.2, -0.15) is 0 Å². The molecule has 1 unspecified atom stereocenters. The van der Waals surface area contributed by atoms with Crippen LogP contribution in [0.1, 0.15) is 36.7 Å². The van der Waals surface area contributed by atoms with Crippen molar-refractivity contribution in [3.05, 3.63) is 35.4 Å². The Hall–Kier alpha value is -0.880. The van der Waals surface area contributed by atoms with E-state index in [1.165, 1.54) is 0 Å². The second-order valence-electron chi connectivity index (χ2n) is 5.80. The zero-order chi connectivity index (χ0) is 14.1. The molecule has 104 valence electrons. The van der Waals surface area contributed by atoms with Crippen LogP contribution in [0.5, 0.6) is 0 Å². The van der Waals surface area contributed by atoms with Gasteiger partial charge < -0.3 is 9.29 Å². The third-order valence-electron chi connectivity index (χ3n) is 3.12. The van der Waals surface area contributed by atoms with E-state index in [0.29, 0.717) is 18.8 Å². The monoisotopic (exact) mass is 281 g/mol. The van der Waals surface area contributed by atoms with Gasteiger partial charge in [0.15, 0.2) is 0 Å². The quantitative estimate of drug-likeness (QED) is 0.675. The first kappa shape index (κ1) is 14.5. The SMILES string of the molecule is CC(C)(C)[S+]([O-])NC1(c2cccc(C=O)c2)COC1. The van der Waals surface area contributed by atoms with Gasteiger partial charge in [0, 0.05) is 16.9 Å². The van der Waals surface area contributed by atoms with E-state index in [4.69, 9.17) is 4.74 Å². The molecule has 1 aromatic rings. The Kier molecular flexibility index (Phi) is 4.01. The van der Waals surface area contributed by atoms with Crippen LogP contribution in [0.4, 0.5) is 0 Å². The molecular weight excluding hydrogens is 262 g/mol. The molecule has 5 heteroatoms. The van der Waals surface area contributed by atoms with E-state index in [1.54, 1.807) is 6.07 Å². The van der Waals surface area contributed by atoms with Crippen LogP contribution in [0.3, 0.4) is 0 Å². The maximum absolute atomic E-state index is 12.3. The van der Waals surface area contributed by atoms with Gasteiger partial charge in [0.25, 0.3) is 0 Å². The summed E-state index contributed by atoms with van der Waals surface area (Å²) in [4.78, 5) is 10.9. The molecule has 0 amide bonds. The number of ether oxygens (including phenoxy) is 1. The van der Waals surface area contributed by atoms with Crippen LogP contribution in [-0.4, -0.2) is 28.8 Å². The van der Waals surface area contributed by atoms with Crippen molar-refractivity contribution in [2.75, 3.05) is 13.2 Å². The summed E-state index contributed by atoms with van der Waals surface area (Å²) in [6, 6.07) is 7.34. The minimum absolute atomic E-state index is 0.342. The molecule has 1 aliphatic rings. The lowest BCUT2D eigenvalue weighted by molar-refractivity contribution is -0.0666. The van der Waals surface area contributed by atoms with Crippen molar-refractivity contribution in [1.82, 2.24) is 4.72 Å². The van der Waals surface area contributed by atoms with Crippen molar-refractivity contribution >= 4 is 17.6 Å². The number of benzene rings is 1. The van der Waals surface area contributed by atoms with Gasteiger partial charge in [-0.3, -0.25) is 4.79 Å². The molecule has 1 aromatic carbocycles. The smallest absolute Gasteiger partial charge is 0.150 e. The summed E-state index contributed by atoms with van der Waals surface area (Å²) in [5, 5.41) is 0. The number of rotatable bonds is 4. The van der Waals surface area contributed by atoms with Crippen LogP contribution in [0.15, 0.2) is 24.3 Å². The summed E-state index contributed by atoms with van der Waals surface area (Å²) in [6.45, 7) is 6.70. The predicted molar refractivity (Wildman–Crippen MR) is 75.4 cm³/mol. The van der Waals surface area contributed by atoms with Crippen LogP contribution < -0.4 is 4.72 Å². The van der Waals surface area contributed by atoms with E-state index in [9.17, 15) is 9.35 Å². The van der Waals surface area contributed by atoms with Crippen molar-refractivity contribution in [2.45, 2.75) is 31.1 Å². The molecule has 1 heterocycles. The molecule has 0 aromatic heterocycles. The van der Waals surface area contributed by atoms with Gasteiger partial charge in [0.2, 0.25) is 0 Å².